The monoisotopic (exact) mass is 404 g/mol. The van der Waals surface area contributed by atoms with Crippen molar-refractivity contribution in [3.8, 4) is 5.75 Å². The molecule has 0 spiro atoms. The van der Waals surface area contributed by atoms with Crippen molar-refractivity contribution in [3.05, 3.63) is 53.1 Å². The fraction of sp³-hybridized carbons (Fsp3) is 0.316. The second-order valence-electron chi connectivity index (χ2n) is 6.74. The molecule has 9 heteroatoms. The molecular weight excluding hydrogens is 387 g/mol. The van der Waals surface area contributed by atoms with Gasteiger partial charge in [0.15, 0.2) is 5.71 Å². The molecule has 0 radical (unpaired) electrons. The lowest BCUT2D eigenvalue weighted by atomic mass is 10.0. The van der Waals surface area contributed by atoms with Gasteiger partial charge in [0.2, 0.25) is 0 Å². The molecule has 1 aromatic heterocycles. The van der Waals surface area contributed by atoms with Crippen molar-refractivity contribution in [1.29, 1.82) is 0 Å². The minimum Gasteiger partial charge on any atom is -0.495 e. The molecule has 1 saturated heterocycles. The zero-order chi connectivity index (χ0) is 19.7. The van der Waals surface area contributed by atoms with E-state index in [1.54, 1.807) is 24.4 Å². The van der Waals surface area contributed by atoms with Crippen molar-refractivity contribution >= 4 is 28.9 Å². The van der Waals surface area contributed by atoms with Gasteiger partial charge in [-0.1, -0.05) is 22.8 Å². The topological polar surface area (TPSA) is 76.0 Å². The van der Waals surface area contributed by atoms with E-state index in [2.05, 4.69) is 20.4 Å². The second-order valence-corrected chi connectivity index (χ2v) is 7.14. The molecule has 2 atom stereocenters. The van der Waals surface area contributed by atoms with E-state index in [9.17, 15) is 9.18 Å². The number of halogens is 2. The lowest BCUT2D eigenvalue weighted by Gasteiger charge is -2.16. The molecule has 4 rings (SSSR count). The summed E-state index contributed by atoms with van der Waals surface area (Å²) in [5.74, 6) is -0.348. The number of nitrogens with zero attached hydrogens (tertiary/aromatic N) is 3. The van der Waals surface area contributed by atoms with Crippen molar-refractivity contribution in [3.63, 3.8) is 0 Å². The van der Waals surface area contributed by atoms with Crippen LogP contribution in [0.4, 0.5) is 10.1 Å². The maximum Gasteiger partial charge on any atom is 0.273 e. The van der Waals surface area contributed by atoms with Crippen LogP contribution in [0.5, 0.6) is 5.75 Å². The Morgan fingerprint density at radius 2 is 2.25 bits per heavy atom. The Morgan fingerprint density at radius 3 is 3.04 bits per heavy atom. The molecule has 0 aliphatic carbocycles. The van der Waals surface area contributed by atoms with Gasteiger partial charge < -0.3 is 14.9 Å². The van der Waals surface area contributed by atoms with Gasteiger partial charge in [-0.2, -0.15) is 0 Å². The van der Waals surface area contributed by atoms with Gasteiger partial charge in [-0.3, -0.25) is 14.7 Å². The van der Waals surface area contributed by atoms with Crippen LogP contribution in [0.3, 0.4) is 0 Å². The van der Waals surface area contributed by atoms with E-state index in [0.717, 1.165) is 5.56 Å². The summed E-state index contributed by atoms with van der Waals surface area (Å²) in [6, 6.07) is 6.35. The average molecular weight is 405 g/mol. The molecule has 7 nitrogen and oxygen atoms in total. The fourth-order valence-electron chi connectivity index (χ4n) is 3.44. The van der Waals surface area contributed by atoms with Crippen molar-refractivity contribution in [2.75, 3.05) is 25.5 Å². The lowest BCUT2D eigenvalue weighted by molar-refractivity contribution is -0.110. The second kappa shape index (κ2) is 7.73. The van der Waals surface area contributed by atoms with E-state index in [0.29, 0.717) is 36.8 Å². The molecule has 0 saturated carbocycles. The smallest absolute Gasteiger partial charge is 0.273 e. The summed E-state index contributed by atoms with van der Waals surface area (Å²) in [7, 11) is 1.53. The Labute approximate surface area is 166 Å². The van der Waals surface area contributed by atoms with Crippen molar-refractivity contribution in [2.24, 2.45) is 11.1 Å². The molecule has 0 bridgehead atoms. The standard InChI is InChI=1S/C19H18ClFN4O3/c1-27-13-5-12(6-22-7-13)23-19(26)18-14-9-25(10-17(14)28-24-18)8-11-2-3-16(21)15(20)4-11/h2-7,14,17H,8-10H2,1H3,(H,23,26)/t14-,17+/m0/s1. The van der Waals surface area contributed by atoms with E-state index < -0.39 is 5.82 Å². The average Bonchev–Trinajstić information content (AvgIpc) is 3.25. The first-order valence-corrected chi connectivity index (χ1v) is 9.11. The van der Waals surface area contributed by atoms with Crippen LogP contribution in [0.15, 0.2) is 41.8 Å². The molecule has 146 valence electrons. The van der Waals surface area contributed by atoms with Gasteiger partial charge >= 0.3 is 0 Å². The Hall–Kier alpha value is -2.71. The SMILES string of the molecule is COc1cncc(NC(=O)C2=NO[C@@H]3CN(Cc4ccc(F)c(Cl)c4)C[C@H]23)c1. The zero-order valence-corrected chi connectivity index (χ0v) is 15.8. The summed E-state index contributed by atoms with van der Waals surface area (Å²) in [5.41, 5.74) is 1.77. The predicted molar refractivity (Wildman–Crippen MR) is 102 cm³/mol. The van der Waals surface area contributed by atoms with Crippen molar-refractivity contribution in [1.82, 2.24) is 9.88 Å². The van der Waals surface area contributed by atoms with Crippen LogP contribution in [0.2, 0.25) is 5.02 Å². The molecule has 2 aliphatic rings. The number of aromatic nitrogens is 1. The van der Waals surface area contributed by atoms with Gasteiger partial charge in [-0.25, -0.2) is 4.39 Å². The van der Waals surface area contributed by atoms with Gasteiger partial charge in [0, 0.05) is 25.7 Å². The number of fused-ring (bicyclic) bond motifs is 1. The fourth-order valence-corrected chi connectivity index (χ4v) is 3.65. The number of hydrogen-bond donors (Lipinski definition) is 1. The number of pyridine rings is 1. The summed E-state index contributed by atoms with van der Waals surface area (Å²) in [6.45, 7) is 1.83. The Kier molecular flexibility index (Phi) is 5.15. The van der Waals surface area contributed by atoms with E-state index in [-0.39, 0.29) is 23.0 Å². The Bertz CT molecular complexity index is 939. The molecule has 2 aromatic rings. The number of carbonyl (C=O) groups is 1. The van der Waals surface area contributed by atoms with Gasteiger partial charge in [0.1, 0.15) is 17.7 Å². The number of carbonyl (C=O) groups excluding carboxylic acids is 1. The highest BCUT2D eigenvalue weighted by molar-refractivity contribution is 6.44. The molecule has 1 aromatic carbocycles. The summed E-state index contributed by atoms with van der Waals surface area (Å²) in [6.07, 6.45) is 2.91. The van der Waals surface area contributed by atoms with Crippen LogP contribution in [0.1, 0.15) is 5.56 Å². The van der Waals surface area contributed by atoms with Crippen LogP contribution in [0.25, 0.3) is 0 Å². The third-order valence-electron chi connectivity index (χ3n) is 4.81. The van der Waals surface area contributed by atoms with Crippen LogP contribution in [-0.2, 0) is 16.2 Å². The zero-order valence-electron chi connectivity index (χ0n) is 15.1. The number of ether oxygens (including phenoxy) is 1. The quantitative estimate of drug-likeness (QED) is 0.829. The number of benzene rings is 1. The van der Waals surface area contributed by atoms with E-state index in [1.807, 2.05) is 0 Å². The van der Waals surface area contributed by atoms with Gasteiger partial charge in [0.25, 0.3) is 5.91 Å². The highest BCUT2D eigenvalue weighted by Gasteiger charge is 2.44. The molecule has 2 aliphatic heterocycles. The van der Waals surface area contributed by atoms with Crippen LogP contribution >= 0.6 is 11.6 Å². The first-order chi connectivity index (χ1) is 13.5. The highest BCUT2D eigenvalue weighted by atomic mass is 35.5. The van der Waals surface area contributed by atoms with Gasteiger partial charge in [0.05, 0.1) is 36.1 Å². The number of anilines is 1. The molecular formula is C19H18ClFN4O3. The summed E-state index contributed by atoms with van der Waals surface area (Å²) >= 11 is 5.85. The lowest BCUT2D eigenvalue weighted by Crippen LogP contribution is -2.32. The number of likely N-dealkylation sites (tertiary alicyclic amines) is 1. The normalized spacial score (nSPS) is 21.0. The highest BCUT2D eigenvalue weighted by Crippen LogP contribution is 2.29. The summed E-state index contributed by atoms with van der Waals surface area (Å²) in [5, 5.41) is 6.86. The number of methoxy groups -OCH3 is 1. The first kappa shape index (κ1) is 18.6. The molecule has 1 amide bonds. The molecule has 1 fully saturated rings. The van der Waals surface area contributed by atoms with Crippen LogP contribution in [-0.4, -0.2) is 47.8 Å². The number of rotatable bonds is 5. The van der Waals surface area contributed by atoms with Crippen LogP contribution < -0.4 is 10.1 Å². The Morgan fingerprint density at radius 1 is 1.39 bits per heavy atom. The van der Waals surface area contributed by atoms with Gasteiger partial charge in [-0.15, -0.1) is 0 Å². The molecule has 3 heterocycles. The van der Waals surface area contributed by atoms with E-state index in [1.165, 1.54) is 19.4 Å². The number of hydrogen-bond acceptors (Lipinski definition) is 6. The largest absolute Gasteiger partial charge is 0.495 e. The summed E-state index contributed by atoms with van der Waals surface area (Å²) < 4.78 is 18.4. The third-order valence-corrected chi connectivity index (χ3v) is 5.10. The first-order valence-electron chi connectivity index (χ1n) is 8.74. The van der Waals surface area contributed by atoms with Crippen LogP contribution in [0, 0.1) is 11.7 Å². The Balaban J connectivity index is 1.40. The number of amides is 1. The van der Waals surface area contributed by atoms with Gasteiger partial charge in [-0.05, 0) is 17.7 Å². The third kappa shape index (κ3) is 3.79. The van der Waals surface area contributed by atoms with Crippen molar-refractivity contribution < 1.29 is 18.8 Å². The maximum atomic E-state index is 13.3. The molecule has 28 heavy (non-hydrogen) atoms. The predicted octanol–water partition coefficient (Wildman–Crippen LogP) is 2.71. The number of nitrogens with one attached hydrogen (secondary N) is 1. The molecule has 0 unspecified atom stereocenters. The summed E-state index contributed by atoms with van der Waals surface area (Å²) in [4.78, 5) is 24.2. The maximum absolute atomic E-state index is 13.3. The van der Waals surface area contributed by atoms with Crippen molar-refractivity contribution in [2.45, 2.75) is 12.6 Å². The minimum atomic E-state index is -0.440. The van der Waals surface area contributed by atoms with E-state index in [4.69, 9.17) is 21.2 Å². The van der Waals surface area contributed by atoms with E-state index >= 15 is 0 Å². The molecule has 1 N–H and O–H groups in total. The number of oxime groups is 1. The minimum absolute atomic E-state index is 0.0988.